The van der Waals surface area contributed by atoms with E-state index < -0.39 is 11.6 Å². The molecule has 1 aliphatic carbocycles. The topological polar surface area (TPSA) is 52.0 Å². The van der Waals surface area contributed by atoms with Crippen molar-refractivity contribution in [1.29, 1.82) is 0 Å². The van der Waals surface area contributed by atoms with Crippen LogP contribution in [0.3, 0.4) is 0 Å². The van der Waals surface area contributed by atoms with Crippen molar-refractivity contribution in [3.05, 3.63) is 10.8 Å². The molecule has 12 heavy (non-hydrogen) atoms. The minimum absolute atomic E-state index is 0.131. The first kappa shape index (κ1) is 7.86. The Hall–Kier alpha value is -0.770. The summed E-state index contributed by atoms with van der Waals surface area (Å²) in [5.41, 5.74) is 4.76. The number of rotatable bonds is 1. The summed E-state index contributed by atoms with van der Waals surface area (Å²) >= 11 is 5.75. The number of hydrogen-bond acceptors (Lipinski definition) is 3. The lowest BCUT2D eigenvalue weighted by Gasteiger charge is -2.01. The van der Waals surface area contributed by atoms with E-state index in [9.17, 15) is 4.39 Å². The summed E-state index contributed by atoms with van der Waals surface area (Å²) in [6, 6.07) is 0. The predicted molar refractivity (Wildman–Crippen MR) is 42.8 cm³/mol. The Bertz CT molecular complexity index is 327. The summed E-state index contributed by atoms with van der Waals surface area (Å²) in [4.78, 5) is 0. The molecule has 0 spiro atoms. The number of anilines is 1. The number of halogens is 2. The highest BCUT2D eigenvalue weighted by atomic mass is 35.5. The lowest BCUT2D eigenvalue weighted by atomic mass is 10.1. The number of alkyl halides is 1. The molecule has 2 N–H and O–H groups in total. The van der Waals surface area contributed by atoms with Crippen molar-refractivity contribution in [3.8, 4) is 0 Å². The van der Waals surface area contributed by atoms with Crippen LogP contribution in [0.15, 0.2) is 4.52 Å². The van der Waals surface area contributed by atoms with E-state index in [1.807, 2.05) is 0 Å². The number of nitrogen functional groups attached to an aromatic ring is 1. The standard InChI is InChI=1S/C7H8ClFN2O/c1-7(2-3(7)9)5-4(8)6(10)11-12-5/h3H,2H2,1H3,(H2,10,11). The highest BCUT2D eigenvalue weighted by molar-refractivity contribution is 6.33. The molecule has 0 amide bonds. The third-order valence-corrected chi connectivity index (χ3v) is 2.68. The molecule has 0 aliphatic heterocycles. The lowest BCUT2D eigenvalue weighted by molar-refractivity contribution is 0.333. The van der Waals surface area contributed by atoms with Crippen LogP contribution in [0, 0.1) is 0 Å². The third kappa shape index (κ3) is 0.843. The van der Waals surface area contributed by atoms with E-state index in [1.54, 1.807) is 6.92 Å². The number of nitrogens with zero attached hydrogens (tertiary/aromatic N) is 1. The van der Waals surface area contributed by atoms with Crippen LogP contribution in [0.4, 0.5) is 10.2 Å². The van der Waals surface area contributed by atoms with Gasteiger partial charge in [-0.05, 0) is 13.3 Å². The van der Waals surface area contributed by atoms with Gasteiger partial charge in [-0.15, -0.1) is 0 Å². The zero-order valence-corrected chi connectivity index (χ0v) is 7.23. The van der Waals surface area contributed by atoms with Gasteiger partial charge in [0.1, 0.15) is 11.2 Å². The molecule has 2 atom stereocenters. The summed E-state index contributed by atoms with van der Waals surface area (Å²) in [7, 11) is 0. The van der Waals surface area contributed by atoms with Crippen molar-refractivity contribution < 1.29 is 8.91 Å². The van der Waals surface area contributed by atoms with Gasteiger partial charge in [-0.3, -0.25) is 0 Å². The highest BCUT2D eigenvalue weighted by Gasteiger charge is 2.56. The molecule has 1 fully saturated rings. The molecule has 1 aromatic heterocycles. The molecule has 1 aromatic rings. The zero-order valence-electron chi connectivity index (χ0n) is 6.47. The van der Waals surface area contributed by atoms with Crippen LogP contribution in [-0.4, -0.2) is 11.3 Å². The average Bonchev–Trinajstić information content (AvgIpc) is 2.44. The van der Waals surface area contributed by atoms with Gasteiger partial charge in [-0.1, -0.05) is 16.8 Å². The monoisotopic (exact) mass is 190 g/mol. The first-order valence-corrected chi connectivity index (χ1v) is 3.98. The fraction of sp³-hybridized carbons (Fsp3) is 0.571. The quantitative estimate of drug-likeness (QED) is 0.736. The molecular formula is C7H8ClFN2O. The summed E-state index contributed by atoms with van der Waals surface area (Å²) < 4.78 is 17.7. The molecule has 0 saturated heterocycles. The maximum atomic E-state index is 12.8. The van der Waals surface area contributed by atoms with Gasteiger partial charge in [-0.25, -0.2) is 4.39 Å². The van der Waals surface area contributed by atoms with Crippen molar-refractivity contribution in [2.24, 2.45) is 0 Å². The number of nitrogens with two attached hydrogens (primary N) is 1. The van der Waals surface area contributed by atoms with Crippen molar-refractivity contribution >= 4 is 17.4 Å². The van der Waals surface area contributed by atoms with Crippen LogP contribution in [-0.2, 0) is 5.41 Å². The second-order valence-electron chi connectivity index (χ2n) is 3.30. The normalized spacial score (nSPS) is 33.8. The molecule has 5 heteroatoms. The first-order valence-electron chi connectivity index (χ1n) is 3.61. The minimum Gasteiger partial charge on any atom is -0.380 e. The average molecular weight is 191 g/mol. The fourth-order valence-electron chi connectivity index (χ4n) is 1.19. The second-order valence-corrected chi connectivity index (χ2v) is 3.68. The predicted octanol–water partition coefficient (Wildman–Crippen LogP) is 1.91. The maximum Gasteiger partial charge on any atom is 0.186 e. The van der Waals surface area contributed by atoms with Gasteiger partial charge in [0.15, 0.2) is 11.6 Å². The largest absolute Gasteiger partial charge is 0.380 e. The summed E-state index contributed by atoms with van der Waals surface area (Å²) in [5, 5.41) is 3.71. The number of aromatic nitrogens is 1. The molecule has 3 nitrogen and oxygen atoms in total. The van der Waals surface area contributed by atoms with E-state index in [1.165, 1.54) is 0 Å². The van der Waals surface area contributed by atoms with Crippen molar-refractivity contribution in [3.63, 3.8) is 0 Å². The van der Waals surface area contributed by atoms with Gasteiger partial charge in [0.2, 0.25) is 0 Å². The molecule has 2 unspecified atom stereocenters. The lowest BCUT2D eigenvalue weighted by Crippen LogP contribution is -2.03. The Morgan fingerprint density at radius 3 is 2.75 bits per heavy atom. The van der Waals surface area contributed by atoms with E-state index in [4.69, 9.17) is 21.9 Å². The summed E-state index contributed by atoms with van der Waals surface area (Å²) in [6.45, 7) is 1.74. The molecule has 1 saturated carbocycles. The van der Waals surface area contributed by atoms with Gasteiger partial charge >= 0.3 is 0 Å². The molecule has 0 bridgehead atoms. The minimum atomic E-state index is -0.887. The molecule has 2 rings (SSSR count). The first-order chi connectivity index (χ1) is 5.55. The van der Waals surface area contributed by atoms with Crippen LogP contribution in [0.25, 0.3) is 0 Å². The van der Waals surface area contributed by atoms with E-state index in [0.717, 1.165) is 0 Å². The fourth-order valence-corrected chi connectivity index (χ4v) is 1.48. The Morgan fingerprint density at radius 2 is 2.42 bits per heavy atom. The van der Waals surface area contributed by atoms with Gasteiger partial charge in [0.05, 0.1) is 5.41 Å². The Balaban J connectivity index is 2.42. The highest BCUT2D eigenvalue weighted by Crippen LogP contribution is 2.53. The van der Waals surface area contributed by atoms with Gasteiger partial charge in [-0.2, -0.15) is 0 Å². The Labute approximate surface area is 73.7 Å². The van der Waals surface area contributed by atoms with Gasteiger partial charge in [0, 0.05) is 0 Å². The Morgan fingerprint density at radius 1 is 1.83 bits per heavy atom. The van der Waals surface area contributed by atoms with Gasteiger partial charge < -0.3 is 10.3 Å². The molecule has 1 heterocycles. The molecular weight excluding hydrogens is 183 g/mol. The molecule has 1 aliphatic rings. The second kappa shape index (κ2) is 2.13. The third-order valence-electron chi connectivity index (χ3n) is 2.31. The van der Waals surface area contributed by atoms with Crippen LogP contribution in [0.1, 0.15) is 19.1 Å². The van der Waals surface area contributed by atoms with Gasteiger partial charge in [0.25, 0.3) is 0 Å². The SMILES string of the molecule is CC1(c2onc(N)c2Cl)CC1F. The van der Waals surface area contributed by atoms with E-state index in [2.05, 4.69) is 5.16 Å². The molecule has 0 radical (unpaired) electrons. The molecule has 0 aromatic carbocycles. The van der Waals surface area contributed by atoms with Crippen LogP contribution < -0.4 is 5.73 Å². The van der Waals surface area contributed by atoms with Crippen molar-refractivity contribution in [2.45, 2.75) is 24.9 Å². The van der Waals surface area contributed by atoms with Crippen LogP contribution in [0.5, 0.6) is 0 Å². The van der Waals surface area contributed by atoms with E-state index in [0.29, 0.717) is 12.2 Å². The molecule has 66 valence electrons. The van der Waals surface area contributed by atoms with E-state index in [-0.39, 0.29) is 10.8 Å². The van der Waals surface area contributed by atoms with E-state index >= 15 is 0 Å². The summed E-state index contributed by atoms with van der Waals surface area (Å²) in [5.74, 6) is 0.501. The van der Waals surface area contributed by atoms with Crippen LogP contribution in [0.2, 0.25) is 5.02 Å². The van der Waals surface area contributed by atoms with Crippen LogP contribution >= 0.6 is 11.6 Å². The maximum absolute atomic E-state index is 12.8. The van der Waals surface area contributed by atoms with Crippen molar-refractivity contribution in [2.75, 3.05) is 5.73 Å². The number of hydrogen-bond donors (Lipinski definition) is 1. The zero-order chi connectivity index (χ0) is 8.93. The summed E-state index contributed by atoms with van der Waals surface area (Å²) in [6.07, 6.45) is -0.455. The Kier molecular flexibility index (Phi) is 1.39. The smallest absolute Gasteiger partial charge is 0.186 e. The van der Waals surface area contributed by atoms with Crippen molar-refractivity contribution in [1.82, 2.24) is 5.16 Å².